The number of hydrogen-bond acceptors (Lipinski definition) is 4. The van der Waals surface area contributed by atoms with Gasteiger partial charge >= 0.3 is 11.9 Å². The Labute approximate surface area is 117 Å². The van der Waals surface area contributed by atoms with Gasteiger partial charge in [0.2, 0.25) is 0 Å². The molecule has 18 heavy (non-hydrogen) atoms. The van der Waals surface area contributed by atoms with Crippen LogP contribution in [-0.4, -0.2) is 43.2 Å². The molecule has 0 saturated carbocycles. The van der Waals surface area contributed by atoms with E-state index in [1.165, 1.54) is 0 Å². The number of carboxylic acids is 2. The van der Waals surface area contributed by atoms with Gasteiger partial charge in [-0.1, -0.05) is 27.7 Å². The van der Waals surface area contributed by atoms with E-state index in [1.54, 1.807) is 23.5 Å². The molecule has 0 bridgehead atoms. The predicted octanol–water partition coefficient (Wildman–Crippen LogP) is 2.96. The fourth-order valence-electron chi connectivity index (χ4n) is 1.47. The lowest BCUT2D eigenvalue weighted by Crippen LogP contribution is -2.23. The Bertz CT molecular complexity index is 270. The van der Waals surface area contributed by atoms with E-state index >= 15 is 0 Å². The van der Waals surface area contributed by atoms with Gasteiger partial charge in [0.15, 0.2) is 0 Å². The molecular formula is C12H22O4S2. The normalized spacial score (nSPS) is 12.4. The summed E-state index contributed by atoms with van der Waals surface area (Å²) < 4.78 is -0.549. The smallest absolute Gasteiger partial charge is 0.304 e. The van der Waals surface area contributed by atoms with E-state index in [9.17, 15) is 9.59 Å². The molecule has 0 aromatic carbocycles. The highest BCUT2D eigenvalue weighted by molar-refractivity contribution is 8.04. The van der Waals surface area contributed by atoms with Crippen molar-refractivity contribution in [2.24, 2.45) is 0 Å². The van der Waals surface area contributed by atoms with E-state index < -0.39 is 11.9 Å². The molecular weight excluding hydrogens is 272 g/mol. The Hall–Kier alpha value is -0.360. The number of aliphatic carboxylic acids is 2. The van der Waals surface area contributed by atoms with Gasteiger partial charge in [-0.3, -0.25) is 9.59 Å². The van der Waals surface area contributed by atoms with Crippen LogP contribution in [0.1, 0.15) is 40.5 Å². The molecule has 0 heterocycles. The number of rotatable bonds is 9. The maximum Gasteiger partial charge on any atom is 0.304 e. The van der Waals surface area contributed by atoms with Crippen LogP contribution in [0.25, 0.3) is 0 Å². The molecule has 0 radical (unpaired) electrons. The van der Waals surface area contributed by atoms with Crippen LogP contribution in [0.2, 0.25) is 0 Å². The summed E-state index contributed by atoms with van der Waals surface area (Å²) in [5.41, 5.74) is 0. The van der Waals surface area contributed by atoms with E-state index in [2.05, 4.69) is 0 Å². The lowest BCUT2D eigenvalue weighted by Gasteiger charge is -2.24. The predicted molar refractivity (Wildman–Crippen MR) is 77.6 cm³/mol. The molecule has 0 unspecified atom stereocenters. The summed E-state index contributed by atoms with van der Waals surface area (Å²) in [7, 11) is 0. The average Bonchev–Trinajstić information content (AvgIpc) is 2.08. The third kappa shape index (κ3) is 9.65. The summed E-state index contributed by atoms with van der Waals surface area (Å²) in [6, 6.07) is 0. The van der Waals surface area contributed by atoms with Crippen LogP contribution in [0.15, 0.2) is 0 Å². The second-order valence-corrected chi connectivity index (χ2v) is 8.96. The molecule has 106 valence electrons. The van der Waals surface area contributed by atoms with Crippen LogP contribution in [0.5, 0.6) is 0 Å². The van der Waals surface area contributed by atoms with Gasteiger partial charge in [0.05, 0.1) is 12.8 Å². The Balaban J connectivity index is 3.92. The van der Waals surface area contributed by atoms with Crippen molar-refractivity contribution in [1.82, 2.24) is 0 Å². The lowest BCUT2D eigenvalue weighted by atomic mass is 10.1. The van der Waals surface area contributed by atoms with Crippen molar-refractivity contribution in [2.45, 2.75) is 50.0 Å². The maximum absolute atomic E-state index is 10.6. The molecule has 0 saturated heterocycles. The highest BCUT2D eigenvalue weighted by atomic mass is 32.2. The summed E-state index contributed by atoms with van der Waals surface area (Å²) in [6.07, 6.45) is 0.279. The van der Waals surface area contributed by atoms with Crippen molar-refractivity contribution in [1.29, 1.82) is 0 Å². The number of thioether (sulfide) groups is 2. The Morgan fingerprint density at radius 2 is 1.11 bits per heavy atom. The van der Waals surface area contributed by atoms with Gasteiger partial charge in [0.25, 0.3) is 0 Å². The first-order valence-electron chi connectivity index (χ1n) is 5.76. The Kier molecular flexibility index (Phi) is 7.14. The zero-order valence-corrected chi connectivity index (χ0v) is 13.0. The zero-order valence-electron chi connectivity index (χ0n) is 11.4. The van der Waals surface area contributed by atoms with Gasteiger partial charge in [-0.2, -0.15) is 23.5 Å². The quantitative estimate of drug-likeness (QED) is 0.637. The summed E-state index contributed by atoms with van der Waals surface area (Å²) in [5.74, 6) is 0.0832. The highest BCUT2D eigenvalue weighted by Gasteiger charge is 2.24. The van der Waals surface area contributed by atoms with E-state index in [4.69, 9.17) is 10.2 Å². The van der Waals surface area contributed by atoms with Crippen molar-refractivity contribution >= 4 is 35.5 Å². The topological polar surface area (TPSA) is 74.6 Å². The van der Waals surface area contributed by atoms with Crippen molar-refractivity contribution in [3.8, 4) is 0 Å². The second-order valence-electron chi connectivity index (χ2n) is 5.36. The molecule has 0 aromatic rings. The number of carboxylic acid groups (broad SMARTS) is 2. The van der Waals surface area contributed by atoms with Gasteiger partial charge in [0, 0.05) is 21.0 Å². The van der Waals surface area contributed by atoms with E-state index in [1.807, 2.05) is 27.7 Å². The fraction of sp³-hybridized carbons (Fsp3) is 0.833. The molecule has 0 atom stereocenters. The van der Waals surface area contributed by atoms with Crippen molar-refractivity contribution in [3.63, 3.8) is 0 Å². The monoisotopic (exact) mass is 294 g/mol. The molecule has 0 aliphatic rings. The molecule has 0 rings (SSSR count). The third-order valence-electron chi connectivity index (χ3n) is 2.22. The molecule has 4 nitrogen and oxygen atoms in total. The Morgan fingerprint density at radius 1 is 0.833 bits per heavy atom. The molecule has 0 spiro atoms. The SMILES string of the molecule is CC(C)(CC(=O)O)SCCSC(C)(C)CC(=O)O. The van der Waals surface area contributed by atoms with Gasteiger partial charge in [-0.15, -0.1) is 0 Å². The number of hydrogen-bond donors (Lipinski definition) is 2. The molecule has 0 aliphatic carbocycles. The largest absolute Gasteiger partial charge is 0.481 e. The molecule has 0 fully saturated rings. The highest BCUT2D eigenvalue weighted by Crippen LogP contribution is 2.32. The molecule has 6 heteroatoms. The summed E-state index contributed by atoms with van der Waals surface area (Å²) in [4.78, 5) is 21.3. The fourth-order valence-corrected chi connectivity index (χ4v) is 3.69. The Morgan fingerprint density at radius 3 is 1.33 bits per heavy atom. The number of carbonyl (C=O) groups is 2. The first-order valence-corrected chi connectivity index (χ1v) is 7.73. The average molecular weight is 294 g/mol. The standard InChI is InChI=1S/C12H22O4S2/c1-11(2,7-9(13)14)17-5-6-18-12(3,4)8-10(15)16/h5-8H2,1-4H3,(H,13,14)(H,15,16). The van der Waals surface area contributed by atoms with Crippen molar-refractivity contribution in [3.05, 3.63) is 0 Å². The van der Waals surface area contributed by atoms with Crippen LogP contribution in [0.3, 0.4) is 0 Å². The summed E-state index contributed by atoms with van der Waals surface area (Å²) >= 11 is 3.24. The minimum absolute atomic E-state index is 0.140. The van der Waals surface area contributed by atoms with Crippen LogP contribution < -0.4 is 0 Å². The summed E-state index contributed by atoms with van der Waals surface area (Å²) in [5, 5.41) is 17.5. The molecule has 0 aliphatic heterocycles. The zero-order chi connectivity index (χ0) is 14.4. The molecule has 0 amide bonds. The van der Waals surface area contributed by atoms with Gasteiger partial charge in [-0.25, -0.2) is 0 Å². The van der Waals surface area contributed by atoms with Crippen LogP contribution in [-0.2, 0) is 9.59 Å². The van der Waals surface area contributed by atoms with E-state index in [-0.39, 0.29) is 22.3 Å². The maximum atomic E-state index is 10.6. The van der Waals surface area contributed by atoms with Crippen LogP contribution >= 0.6 is 23.5 Å². The van der Waals surface area contributed by atoms with Crippen molar-refractivity contribution < 1.29 is 19.8 Å². The van der Waals surface area contributed by atoms with Gasteiger partial charge in [-0.05, 0) is 0 Å². The van der Waals surface area contributed by atoms with Crippen LogP contribution in [0.4, 0.5) is 0 Å². The first-order chi connectivity index (χ1) is 8.04. The third-order valence-corrected chi connectivity index (χ3v) is 5.15. The molecule has 2 N–H and O–H groups in total. The first kappa shape index (κ1) is 17.6. The van der Waals surface area contributed by atoms with E-state index in [0.29, 0.717) is 0 Å². The van der Waals surface area contributed by atoms with Crippen LogP contribution in [0, 0.1) is 0 Å². The minimum atomic E-state index is -0.786. The van der Waals surface area contributed by atoms with Gasteiger partial charge < -0.3 is 10.2 Å². The minimum Gasteiger partial charge on any atom is -0.481 e. The summed E-state index contributed by atoms with van der Waals surface area (Å²) in [6.45, 7) is 7.66. The van der Waals surface area contributed by atoms with E-state index in [0.717, 1.165) is 11.5 Å². The van der Waals surface area contributed by atoms with Gasteiger partial charge in [0.1, 0.15) is 0 Å². The second kappa shape index (κ2) is 7.28. The molecule has 0 aromatic heterocycles. The van der Waals surface area contributed by atoms with Crippen molar-refractivity contribution in [2.75, 3.05) is 11.5 Å². The lowest BCUT2D eigenvalue weighted by molar-refractivity contribution is -0.138.